The van der Waals surface area contributed by atoms with Gasteiger partial charge in [-0.1, -0.05) is 19.1 Å². The molecule has 1 aromatic carbocycles. The summed E-state index contributed by atoms with van der Waals surface area (Å²) in [6.07, 6.45) is 3.65. The minimum absolute atomic E-state index is 0.252. The Hall–Kier alpha value is -1.28. The van der Waals surface area contributed by atoms with Crippen molar-refractivity contribution in [3.63, 3.8) is 0 Å². The van der Waals surface area contributed by atoms with Crippen LogP contribution in [0.2, 0.25) is 0 Å². The average Bonchev–Trinajstić information content (AvgIpc) is 2.64. The van der Waals surface area contributed by atoms with Gasteiger partial charge in [-0.25, -0.2) is 0 Å². The largest absolute Gasteiger partial charge is 0.464 e. The third-order valence-electron chi connectivity index (χ3n) is 2.54. The maximum absolute atomic E-state index is 5.89. The summed E-state index contributed by atoms with van der Waals surface area (Å²) in [6, 6.07) is 8.50. The number of benzene rings is 1. The molecular weight excluding hydrogens is 174 g/mol. The van der Waals surface area contributed by atoms with Crippen LogP contribution in [0.4, 0.5) is 0 Å². The van der Waals surface area contributed by atoms with Gasteiger partial charge in [-0.2, -0.15) is 0 Å². The van der Waals surface area contributed by atoms with E-state index in [0.717, 1.165) is 23.8 Å². The monoisotopic (exact) mass is 189 g/mol. The zero-order valence-electron chi connectivity index (χ0n) is 8.36. The Balaban J connectivity index is 2.25. The van der Waals surface area contributed by atoms with Gasteiger partial charge in [-0.3, -0.25) is 0 Å². The molecule has 0 saturated heterocycles. The molecular formula is C12H15NO. The fourth-order valence-electron chi connectivity index (χ4n) is 1.57. The standard InChI is InChI=1S/C12H15NO/c1-2-11(13)7-9-3-4-10-5-6-14-12(10)8-9/h3-6,8,11H,2,7,13H2,1H3/t11-/m1/s1. The van der Waals surface area contributed by atoms with Crippen molar-refractivity contribution in [2.24, 2.45) is 5.73 Å². The molecule has 0 aliphatic carbocycles. The van der Waals surface area contributed by atoms with Crippen LogP contribution in [-0.4, -0.2) is 6.04 Å². The number of fused-ring (bicyclic) bond motifs is 1. The number of rotatable bonds is 3. The lowest BCUT2D eigenvalue weighted by Crippen LogP contribution is -2.21. The van der Waals surface area contributed by atoms with E-state index in [1.165, 1.54) is 5.56 Å². The van der Waals surface area contributed by atoms with Gasteiger partial charge in [0.15, 0.2) is 0 Å². The minimum atomic E-state index is 0.252. The topological polar surface area (TPSA) is 39.2 Å². The first kappa shape index (κ1) is 9.28. The van der Waals surface area contributed by atoms with Gasteiger partial charge in [0, 0.05) is 11.4 Å². The van der Waals surface area contributed by atoms with E-state index < -0.39 is 0 Å². The number of hydrogen-bond donors (Lipinski definition) is 1. The maximum Gasteiger partial charge on any atom is 0.134 e. The van der Waals surface area contributed by atoms with E-state index in [1.54, 1.807) is 6.26 Å². The highest BCUT2D eigenvalue weighted by molar-refractivity contribution is 5.77. The summed E-state index contributed by atoms with van der Waals surface area (Å²) in [6.45, 7) is 2.11. The Morgan fingerprint density at radius 3 is 3.00 bits per heavy atom. The summed E-state index contributed by atoms with van der Waals surface area (Å²) in [5.74, 6) is 0. The second kappa shape index (κ2) is 3.84. The molecule has 14 heavy (non-hydrogen) atoms. The Bertz CT molecular complexity index is 419. The van der Waals surface area contributed by atoms with Crippen molar-refractivity contribution in [3.8, 4) is 0 Å². The fourth-order valence-corrected chi connectivity index (χ4v) is 1.57. The Kier molecular flexibility index (Phi) is 2.55. The van der Waals surface area contributed by atoms with Crippen LogP contribution in [-0.2, 0) is 6.42 Å². The van der Waals surface area contributed by atoms with Crippen LogP contribution in [0.15, 0.2) is 34.9 Å². The van der Waals surface area contributed by atoms with Crippen LogP contribution in [0.5, 0.6) is 0 Å². The lowest BCUT2D eigenvalue weighted by Gasteiger charge is -2.07. The SMILES string of the molecule is CC[C@@H](N)Cc1ccc2ccoc2c1. The molecule has 1 aromatic heterocycles. The van der Waals surface area contributed by atoms with Gasteiger partial charge in [0.2, 0.25) is 0 Å². The summed E-state index contributed by atoms with van der Waals surface area (Å²) < 4.78 is 5.33. The van der Waals surface area contributed by atoms with Gasteiger partial charge in [-0.15, -0.1) is 0 Å². The highest BCUT2D eigenvalue weighted by Gasteiger charge is 2.03. The zero-order valence-corrected chi connectivity index (χ0v) is 8.36. The molecule has 2 rings (SSSR count). The molecule has 0 aliphatic rings. The second-order valence-electron chi connectivity index (χ2n) is 3.67. The second-order valence-corrected chi connectivity index (χ2v) is 3.67. The van der Waals surface area contributed by atoms with E-state index in [1.807, 2.05) is 6.07 Å². The van der Waals surface area contributed by atoms with Crippen LogP contribution in [0.3, 0.4) is 0 Å². The Morgan fingerprint density at radius 1 is 1.36 bits per heavy atom. The smallest absolute Gasteiger partial charge is 0.134 e. The van der Waals surface area contributed by atoms with Gasteiger partial charge >= 0.3 is 0 Å². The van der Waals surface area contributed by atoms with E-state index in [2.05, 4.69) is 25.1 Å². The predicted molar refractivity (Wildman–Crippen MR) is 58.2 cm³/mol. The van der Waals surface area contributed by atoms with E-state index >= 15 is 0 Å². The van der Waals surface area contributed by atoms with Gasteiger partial charge in [0.1, 0.15) is 5.58 Å². The summed E-state index contributed by atoms with van der Waals surface area (Å²) in [4.78, 5) is 0. The molecule has 1 heterocycles. The third kappa shape index (κ3) is 1.80. The summed E-state index contributed by atoms with van der Waals surface area (Å²) in [5.41, 5.74) is 8.10. The molecule has 0 bridgehead atoms. The molecule has 0 aliphatic heterocycles. The fraction of sp³-hybridized carbons (Fsp3) is 0.333. The van der Waals surface area contributed by atoms with Crippen LogP contribution in [0, 0.1) is 0 Å². The highest BCUT2D eigenvalue weighted by Crippen LogP contribution is 2.17. The van der Waals surface area contributed by atoms with E-state index in [4.69, 9.17) is 10.2 Å². The Labute approximate surface area is 83.7 Å². The molecule has 2 nitrogen and oxygen atoms in total. The first-order chi connectivity index (χ1) is 6.79. The molecule has 2 heteroatoms. The summed E-state index contributed by atoms with van der Waals surface area (Å²) in [5, 5.41) is 1.15. The average molecular weight is 189 g/mol. The molecule has 2 aromatic rings. The molecule has 2 N–H and O–H groups in total. The van der Waals surface area contributed by atoms with E-state index in [9.17, 15) is 0 Å². The normalized spacial score (nSPS) is 13.3. The number of hydrogen-bond acceptors (Lipinski definition) is 2. The van der Waals surface area contributed by atoms with Crippen molar-refractivity contribution < 1.29 is 4.42 Å². The van der Waals surface area contributed by atoms with E-state index in [0.29, 0.717) is 0 Å². The van der Waals surface area contributed by atoms with Crippen LogP contribution in [0.25, 0.3) is 11.0 Å². The minimum Gasteiger partial charge on any atom is -0.464 e. The molecule has 0 fully saturated rings. The first-order valence-electron chi connectivity index (χ1n) is 5.01. The van der Waals surface area contributed by atoms with Crippen molar-refractivity contribution in [1.29, 1.82) is 0 Å². The molecule has 0 radical (unpaired) electrons. The van der Waals surface area contributed by atoms with Crippen LogP contribution < -0.4 is 5.73 Å². The van der Waals surface area contributed by atoms with Crippen molar-refractivity contribution in [2.45, 2.75) is 25.8 Å². The van der Waals surface area contributed by atoms with E-state index in [-0.39, 0.29) is 6.04 Å². The van der Waals surface area contributed by atoms with Crippen LogP contribution >= 0.6 is 0 Å². The molecule has 1 atom stereocenters. The first-order valence-corrected chi connectivity index (χ1v) is 5.01. The van der Waals surface area contributed by atoms with Gasteiger partial charge in [-0.05, 0) is 30.5 Å². The van der Waals surface area contributed by atoms with Crippen LogP contribution in [0.1, 0.15) is 18.9 Å². The van der Waals surface area contributed by atoms with Crippen molar-refractivity contribution in [1.82, 2.24) is 0 Å². The quantitative estimate of drug-likeness (QED) is 0.806. The van der Waals surface area contributed by atoms with Gasteiger partial charge in [0.05, 0.1) is 6.26 Å². The van der Waals surface area contributed by atoms with Crippen molar-refractivity contribution in [2.75, 3.05) is 0 Å². The molecule has 0 saturated carbocycles. The third-order valence-corrected chi connectivity index (χ3v) is 2.54. The number of nitrogens with two attached hydrogens (primary N) is 1. The predicted octanol–water partition coefficient (Wildman–Crippen LogP) is 2.71. The lowest BCUT2D eigenvalue weighted by molar-refractivity contribution is 0.613. The molecule has 74 valence electrons. The summed E-state index contributed by atoms with van der Waals surface area (Å²) >= 11 is 0. The molecule has 0 unspecified atom stereocenters. The maximum atomic E-state index is 5.89. The zero-order chi connectivity index (χ0) is 9.97. The van der Waals surface area contributed by atoms with Gasteiger partial charge < -0.3 is 10.2 Å². The van der Waals surface area contributed by atoms with Crippen molar-refractivity contribution >= 4 is 11.0 Å². The molecule has 0 spiro atoms. The van der Waals surface area contributed by atoms with Gasteiger partial charge in [0.25, 0.3) is 0 Å². The lowest BCUT2D eigenvalue weighted by atomic mass is 10.0. The summed E-state index contributed by atoms with van der Waals surface area (Å²) in [7, 11) is 0. The Morgan fingerprint density at radius 2 is 2.21 bits per heavy atom. The van der Waals surface area contributed by atoms with Crippen molar-refractivity contribution in [3.05, 3.63) is 36.1 Å². The highest BCUT2D eigenvalue weighted by atomic mass is 16.3. The molecule has 0 amide bonds. The number of furan rings is 1.